The molecular weight excluding hydrogens is 211 g/mol. The summed E-state index contributed by atoms with van der Waals surface area (Å²) in [4.78, 5) is 0. The number of benzene rings is 1. The van der Waals surface area contributed by atoms with Crippen molar-refractivity contribution in [3.63, 3.8) is 0 Å². The summed E-state index contributed by atoms with van der Waals surface area (Å²) >= 11 is 0. The van der Waals surface area contributed by atoms with E-state index in [2.05, 4.69) is 5.32 Å². The first-order valence-electron chi connectivity index (χ1n) is 5.08. The number of aliphatic hydroxyl groups excluding tert-OH is 1. The number of halogens is 1. The Morgan fingerprint density at radius 1 is 1.56 bits per heavy atom. The Labute approximate surface area is 94.2 Å². The van der Waals surface area contributed by atoms with E-state index in [9.17, 15) is 9.50 Å². The fourth-order valence-electron chi connectivity index (χ4n) is 1.34. The predicted octanol–water partition coefficient (Wildman–Crippen LogP) is 0.243. The van der Waals surface area contributed by atoms with Gasteiger partial charge in [-0.2, -0.15) is 0 Å². The molecule has 0 saturated carbocycles. The summed E-state index contributed by atoms with van der Waals surface area (Å²) in [5, 5.41) is 12.2. The van der Waals surface area contributed by atoms with E-state index in [0.717, 1.165) is 0 Å². The highest BCUT2D eigenvalue weighted by atomic mass is 19.1. The normalized spacial score (nSPS) is 12.5. The zero-order valence-corrected chi connectivity index (χ0v) is 9.24. The van der Waals surface area contributed by atoms with Gasteiger partial charge < -0.3 is 20.9 Å². The number of aliphatic hydroxyl groups is 1. The third-order valence-corrected chi connectivity index (χ3v) is 2.21. The van der Waals surface area contributed by atoms with E-state index in [0.29, 0.717) is 24.4 Å². The van der Waals surface area contributed by atoms with Crippen molar-refractivity contribution in [1.29, 1.82) is 0 Å². The molecule has 1 unspecified atom stereocenters. The Bertz CT molecular complexity index is 334. The molecule has 4 nitrogen and oxygen atoms in total. The molecule has 90 valence electrons. The SMILES string of the molecule is COc1ccc(F)cc1CNCC(O)CN. The fourth-order valence-corrected chi connectivity index (χ4v) is 1.34. The molecular formula is C11H17FN2O2. The number of ether oxygens (including phenoxy) is 1. The summed E-state index contributed by atoms with van der Waals surface area (Å²) in [7, 11) is 1.53. The lowest BCUT2D eigenvalue weighted by Gasteiger charge is -2.12. The minimum Gasteiger partial charge on any atom is -0.496 e. The molecule has 0 aliphatic rings. The lowest BCUT2D eigenvalue weighted by molar-refractivity contribution is 0.179. The van der Waals surface area contributed by atoms with Gasteiger partial charge in [0.2, 0.25) is 0 Å². The molecule has 0 spiro atoms. The average Bonchev–Trinajstić information content (AvgIpc) is 2.29. The Balaban J connectivity index is 2.55. The van der Waals surface area contributed by atoms with Crippen molar-refractivity contribution in [1.82, 2.24) is 5.32 Å². The molecule has 1 atom stereocenters. The highest BCUT2D eigenvalue weighted by molar-refractivity contribution is 5.33. The molecule has 0 saturated heterocycles. The van der Waals surface area contributed by atoms with Crippen LogP contribution in [0.25, 0.3) is 0 Å². The third kappa shape index (κ3) is 3.77. The second-order valence-corrected chi connectivity index (χ2v) is 3.48. The van der Waals surface area contributed by atoms with E-state index in [4.69, 9.17) is 10.5 Å². The molecule has 0 fully saturated rings. The number of rotatable bonds is 6. The van der Waals surface area contributed by atoms with Crippen LogP contribution in [0, 0.1) is 5.82 Å². The van der Waals surface area contributed by atoms with Crippen LogP contribution >= 0.6 is 0 Å². The molecule has 0 bridgehead atoms. The summed E-state index contributed by atoms with van der Waals surface area (Å²) in [5.41, 5.74) is 5.97. The molecule has 0 aliphatic carbocycles. The van der Waals surface area contributed by atoms with Gasteiger partial charge in [-0.15, -0.1) is 0 Å². The van der Waals surface area contributed by atoms with Crippen LogP contribution in [0.2, 0.25) is 0 Å². The average molecular weight is 228 g/mol. The van der Waals surface area contributed by atoms with E-state index in [1.165, 1.54) is 19.2 Å². The Morgan fingerprint density at radius 2 is 2.31 bits per heavy atom. The zero-order chi connectivity index (χ0) is 12.0. The van der Waals surface area contributed by atoms with Gasteiger partial charge in [0.25, 0.3) is 0 Å². The van der Waals surface area contributed by atoms with E-state index < -0.39 is 6.10 Å². The van der Waals surface area contributed by atoms with Crippen molar-refractivity contribution in [3.8, 4) is 5.75 Å². The second-order valence-electron chi connectivity index (χ2n) is 3.48. The van der Waals surface area contributed by atoms with Crippen molar-refractivity contribution < 1.29 is 14.2 Å². The Morgan fingerprint density at radius 3 is 2.94 bits per heavy atom. The van der Waals surface area contributed by atoms with Gasteiger partial charge in [0.05, 0.1) is 13.2 Å². The predicted molar refractivity (Wildman–Crippen MR) is 59.7 cm³/mol. The number of nitrogens with two attached hydrogens (primary N) is 1. The van der Waals surface area contributed by atoms with Gasteiger partial charge >= 0.3 is 0 Å². The first-order valence-corrected chi connectivity index (χ1v) is 5.08. The monoisotopic (exact) mass is 228 g/mol. The van der Waals surface area contributed by atoms with Gasteiger partial charge in [0.15, 0.2) is 0 Å². The van der Waals surface area contributed by atoms with Gasteiger partial charge in [-0.1, -0.05) is 0 Å². The molecule has 0 aromatic heterocycles. The summed E-state index contributed by atoms with van der Waals surface area (Å²) in [6, 6.07) is 4.32. The Kier molecular flexibility index (Phi) is 5.18. The van der Waals surface area contributed by atoms with Crippen LogP contribution in [-0.4, -0.2) is 31.4 Å². The largest absolute Gasteiger partial charge is 0.496 e. The van der Waals surface area contributed by atoms with Crippen LogP contribution < -0.4 is 15.8 Å². The van der Waals surface area contributed by atoms with Gasteiger partial charge in [0.1, 0.15) is 11.6 Å². The third-order valence-electron chi connectivity index (χ3n) is 2.21. The molecule has 1 rings (SSSR count). The highest BCUT2D eigenvalue weighted by Crippen LogP contribution is 2.18. The minimum atomic E-state index is -0.584. The number of hydrogen-bond acceptors (Lipinski definition) is 4. The molecule has 0 radical (unpaired) electrons. The summed E-state index contributed by atoms with van der Waals surface area (Å²) < 4.78 is 18.1. The first-order chi connectivity index (χ1) is 7.67. The van der Waals surface area contributed by atoms with Gasteiger partial charge in [-0.3, -0.25) is 0 Å². The van der Waals surface area contributed by atoms with Crippen LogP contribution in [-0.2, 0) is 6.54 Å². The maximum absolute atomic E-state index is 13.0. The van der Waals surface area contributed by atoms with Crippen LogP contribution in [0.15, 0.2) is 18.2 Å². The van der Waals surface area contributed by atoms with Gasteiger partial charge in [-0.05, 0) is 18.2 Å². The lowest BCUT2D eigenvalue weighted by atomic mass is 10.2. The fraction of sp³-hybridized carbons (Fsp3) is 0.455. The number of methoxy groups -OCH3 is 1. The highest BCUT2D eigenvalue weighted by Gasteiger charge is 2.05. The van der Waals surface area contributed by atoms with E-state index in [1.807, 2.05) is 0 Å². The molecule has 1 aromatic carbocycles. The molecule has 1 aromatic rings. The van der Waals surface area contributed by atoms with Crippen LogP contribution in [0.1, 0.15) is 5.56 Å². The van der Waals surface area contributed by atoms with Crippen LogP contribution in [0.3, 0.4) is 0 Å². The summed E-state index contributed by atoms with van der Waals surface area (Å²) in [6.07, 6.45) is -0.584. The van der Waals surface area contributed by atoms with Crippen LogP contribution in [0.4, 0.5) is 4.39 Å². The second kappa shape index (κ2) is 6.42. The van der Waals surface area contributed by atoms with Crippen molar-refractivity contribution in [2.45, 2.75) is 12.6 Å². The molecule has 0 heterocycles. The van der Waals surface area contributed by atoms with Crippen molar-refractivity contribution in [3.05, 3.63) is 29.6 Å². The van der Waals surface area contributed by atoms with Crippen LogP contribution in [0.5, 0.6) is 5.75 Å². The Hall–Kier alpha value is -1.17. The minimum absolute atomic E-state index is 0.202. The van der Waals surface area contributed by atoms with Gasteiger partial charge in [0, 0.05) is 25.2 Å². The lowest BCUT2D eigenvalue weighted by Crippen LogP contribution is -2.32. The first kappa shape index (κ1) is 12.9. The van der Waals surface area contributed by atoms with Crippen molar-refractivity contribution >= 4 is 0 Å². The topological polar surface area (TPSA) is 67.5 Å². The van der Waals surface area contributed by atoms with Crippen molar-refractivity contribution in [2.24, 2.45) is 5.73 Å². The van der Waals surface area contributed by atoms with E-state index in [-0.39, 0.29) is 12.4 Å². The van der Waals surface area contributed by atoms with E-state index in [1.54, 1.807) is 6.07 Å². The molecule has 4 N–H and O–H groups in total. The van der Waals surface area contributed by atoms with Gasteiger partial charge in [-0.25, -0.2) is 4.39 Å². The summed E-state index contributed by atoms with van der Waals surface area (Å²) in [6.45, 7) is 1.00. The van der Waals surface area contributed by atoms with Crippen molar-refractivity contribution in [2.75, 3.05) is 20.2 Å². The number of nitrogens with one attached hydrogen (secondary N) is 1. The smallest absolute Gasteiger partial charge is 0.123 e. The molecule has 0 aliphatic heterocycles. The molecule has 16 heavy (non-hydrogen) atoms. The van der Waals surface area contributed by atoms with E-state index >= 15 is 0 Å². The summed E-state index contributed by atoms with van der Waals surface area (Å²) in [5.74, 6) is 0.313. The maximum Gasteiger partial charge on any atom is 0.123 e. The molecule has 0 amide bonds. The maximum atomic E-state index is 13.0. The zero-order valence-electron chi connectivity index (χ0n) is 9.24. The quantitative estimate of drug-likeness (QED) is 0.652. The standard InChI is InChI=1S/C11H17FN2O2/c1-16-11-3-2-9(12)4-8(11)6-14-7-10(15)5-13/h2-4,10,14-15H,5-7,13H2,1H3. The number of hydrogen-bond donors (Lipinski definition) is 3. The molecule has 5 heteroatoms.